The first-order chi connectivity index (χ1) is 9.88. The molecule has 21 heavy (non-hydrogen) atoms. The molecule has 0 aliphatic rings. The van der Waals surface area contributed by atoms with Gasteiger partial charge in [-0.05, 0) is 44.5 Å². The second-order valence-corrected chi connectivity index (χ2v) is 5.60. The molecule has 5 heteroatoms. The van der Waals surface area contributed by atoms with Crippen molar-refractivity contribution in [2.24, 2.45) is 5.92 Å². The summed E-state index contributed by atoms with van der Waals surface area (Å²) in [6.45, 7) is 8.88. The highest BCUT2D eigenvalue weighted by Gasteiger charge is 2.10. The van der Waals surface area contributed by atoms with Crippen LogP contribution in [-0.2, 0) is 16.1 Å². The Balaban J connectivity index is 2.61. The standard InChI is InChI=1S/C16H24FNO3/c1-11(2)8-18-9-13-7-14(17)5-6-15(13)20-10-16(19)21-12(3)4/h5-7,11-12,18H,8-10H2,1-4H3. The summed E-state index contributed by atoms with van der Waals surface area (Å²) in [5.41, 5.74) is 0.688. The minimum atomic E-state index is -0.435. The molecule has 0 aliphatic carbocycles. The summed E-state index contributed by atoms with van der Waals surface area (Å²) < 4.78 is 23.8. The van der Waals surface area contributed by atoms with Crippen LogP contribution in [0.3, 0.4) is 0 Å². The van der Waals surface area contributed by atoms with Crippen LogP contribution in [0.15, 0.2) is 18.2 Å². The first-order valence-corrected chi connectivity index (χ1v) is 7.20. The molecule has 0 saturated carbocycles. The Morgan fingerprint density at radius 3 is 2.62 bits per heavy atom. The molecule has 0 bridgehead atoms. The molecule has 0 unspecified atom stereocenters. The lowest BCUT2D eigenvalue weighted by molar-refractivity contribution is -0.149. The molecule has 0 amide bonds. The number of carbonyl (C=O) groups is 1. The van der Waals surface area contributed by atoms with Gasteiger partial charge in [-0.3, -0.25) is 0 Å². The summed E-state index contributed by atoms with van der Waals surface area (Å²) in [7, 11) is 0. The molecule has 0 atom stereocenters. The Morgan fingerprint density at radius 2 is 2.00 bits per heavy atom. The van der Waals surface area contributed by atoms with Crippen LogP contribution in [0.4, 0.5) is 4.39 Å². The zero-order chi connectivity index (χ0) is 15.8. The van der Waals surface area contributed by atoms with Crippen molar-refractivity contribution in [1.82, 2.24) is 5.32 Å². The van der Waals surface area contributed by atoms with Crippen molar-refractivity contribution in [3.05, 3.63) is 29.6 Å². The molecule has 0 aromatic heterocycles. The number of esters is 1. The van der Waals surface area contributed by atoms with E-state index in [9.17, 15) is 9.18 Å². The highest BCUT2D eigenvalue weighted by molar-refractivity contribution is 5.71. The van der Waals surface area contributed by atoms with Crippen molar-refractivity contribution in [3.8, 4) is 5.75 Å². The van der Waals surface area contributed by atoms with Gasteiger partial charge in [-0.2, -0.15) is 0 Å². The van der Waals surface area contributed by atoms with Gasteiger partial charge in [0.2, 0.25) is 0 Å². The third kappa shape index (κ3) is 7.09. The highest BCUT2D eigenvalue weighted by atomic mass is 19.1. The van der Waals surface area contributed by atoms with Crippen LogP contribution in [0.25, 0.3) is 0 Å². The SMILES string of the molecule is CC(C)CNCc1cc(F)ccc1OCC(=O)OC(C)C. The zero-order valence-electron chi connectivity index (χ0n) is 13.1. The minimum Gasteiger partial charge on any atom is -0.482 e. The second kappa shape index (κ2) is 8.62. The minimum absolute atomic E-state index is 0.179. The number of halogens is 1. The lowest BCUT2D eigenvalue weighted by Crippen LogP contribution is -2.21. The van der Waals surface area contributed by atoms with Gasteiger partial charge in [0, 0.05) is 12.1 Å². The summed E-state index contributed by atoms with van der Waals surface area (Å²) in [6.07, 6.45) is -0.179. The first-order valence-electron chi connectivity index (χ1n) is 7.20. The maximum atomic E-state index is 13.3. The predicted molar refractivity (Wildman–Crippen MR) is 79.7 cm³/mol. The van der Waals surface area contributed by atoms with Crippen LogP contribution in [0, 0.1) is 11.7 Å². The van der Waals surface area contributed by atoms with E-state index < -0.39 is 5.97 Å². The molecule has 0 aliphatic heterocycles. The van der Waals surface area contributed by atoms with Gasteiger partial charge in [0.25, 0.3) is 0 Å². The van der Waals surface area contributed by atoms with Crippen LogP contribution in [-0.4, -0.2) is 25.2 Å². The summed E-state index contributed by atoms with van der Waals surface area (Å²) in [6, 6.07) is 4.26. The van der Waals surface area contributed by atoms with Crippen LogP contribution in [0.1, 0.15) is 33.3 Å². The van der Waals surface area contributed by atoms with Crippen LogP contribution < -0.4 is 10.1 Å². The van der Waals surface area contributed by atoms with Crippen molar-refractivity contribution in [2.75, 3.05) is 13.2 Å². The lowest BCUT2D eigenvalue weighted by atomic mass is 10.1. The maximum absolute atomic E-state index is 13.3. The van der Waals surface area contributed by atoms with Gasteiger partial charge in [-0.1, -0.05) is 13.8 Å². The van der Waals surface area contributed by atoms with E-state index in [2.05, 4.69) is 19.2 Å². The molecule has 0 spiro atoms. The van der Waals surface area contributed by atoms with Crippen LogP contribution in [0.5, 0.6) is 5.75 Å². The number of carbonyl (C=O) groups excluding carboxylic acids is 1. The highest BCUT2D eigenvalue weighted by Crippen LogP contribution is 2.19. The topological polar surface area (TPSA) is 47.6 Å². The van der Waals surface area contributed by atoms with Gasteiger partial charge in [-0.15, -0.1) is 0 Å². The Hall–Kier alpha value is -1.62. The average Bonchev–Trinajstić information content (AvgIpc) is 2.36. The number of hydrogen-bond acceptors (Lipinski definition) is 4. The van der Waals surface area contributed by atoms with E-state index in [1.54, 1.807) is 13.8 Å². The quantitative estimate of drug-likeness (QED) is 0.750. The number of benzene rings is 1. The zero-order valence-corrected chi connectivity index (χ0v) is 13.1. The van der Waals surface area contributed by atoms with Crippen LogP contribution >= 0.6 is 0 Å². The van der Waals surface area contributed by atoms with E-state index >= 15 is 0 Å². The number of rotatable bonds is 8. The first kappa shape index (κ1) is 17.4. The fourth-order valence-electron chi connectivity index (χ4n) is 1.76. The molecule has 0 fully saturated rings. The molecule has 4 nitrogen and oxygen atoms in total. The second-order valence-electron chi connectivity index (χ2n) is 5.60. The predicted octanol–water partition coefficient (Wildman–Crippen LogP) is 2.90. The summed E-state index contributed by atoms with van der Waals surface area (Å²) in [5, 5.41) is 3.23. The molecule has 1 N–H and O–H groups in total. The number of nitrogens with one attached hydrogen (secondary N) is 1. The van der Waals surface area contributed by atoms with Gasteiger partial charge in [0.15, 0.2) is 6.61 Å². The van der Waals surface area contributed by atoms with Gasteiger partial charge < -0.3 is 14.8 Å². The van der Waals surface area contributed by atoms with E-state index in [0.29, 0.717) is 23.8 Å². The molecule has 0 saturated heterocycles. The fraction of sp³-hybridized carbons (Fsp3) is 0.562. The van der Waals surface area contributed by atoms with E-state index in [1.807, 2.05) is 0 Å². The molecule has 0 heterocycles. The summed E-state index contributed by atoms with van der Waals surface area (Å²) in [4.78, 5) is 11.5. The average molecular weight is 297 g/mol. The molecule has 1 rings (SSSR count). The van der Waals surface area contributed by atoms with E-state index in [4.69, 9.17) is 9.47 Å². The van der Waals surface area contributed by atoms with Gasteiger partial charge in [0.05, 0.1) is 6.10 Å². The van der Waals surface area contributed by atoms with Crippen molar-refractivity contribution < 1.29 is 18.7 Å². The third-order valence-electron chi connectivity index (χ3n) is 2.60. The van der Waals surface area contributed by atoms with Crippen molar-refractivity contribution in [1.29, 1.82) is 0 Å². The van der Waals surface area contributed by atoms with E-state index in [1.165, 1.54) is 18.2 Å². The molecular formula is C16H24FNO3. The fourth-order valence-corrected chi connectivity index (χ4v) is 1.76. The third-order valence-corrected chi connectivity index (χ3v) is 2.60. The molecule has 118 valence electrons. The molecule has 0 radical (unpaired) electrons. The Labute approximate surface area is 125 Å². The Morgan fingerprint density at radius 1 is 1.29 bits per heavy atom. The smallest absolute Gasteiger partial charge is 0.344 e. The number of hydrogen-bond donors (Lipinski definition) is 1. The maximum Gasteiger partial charge on any atom is 0.344 e. The number of ether oxygens (including phenoxy) is 2. The van der Waals surface area contributed by atoms with Gasteiger partial charge >= 0.3 is 5.97 Å². The Bertz CT molecular complexity index is 461. The normalized spacial score (nSPS) is 11.0. The van der Waals surface area contributed by atoms with E-state index in [0.717, 1.165) is 6.54 Å². The monoisotopic (exact) mass is 297 g/mol. The Kier molecular flexibility index (Phi) is 7.15. The van der Waals surface area contributed by atoms with Crippen molar-refractivity contribution in [2.45, 2.75) is 40.3 Å². The lowest BCUT2D eigenvalue weighted by Gasteiger charge is -2.14. The summed E-state index contributed by atoms with van der Waals surface area (Å²) in [5.74, 6) is 0.237. The van der Waals surface area contributed by atoms with Crippen molar-refractivity contribution >= 4 is 5.97 Å². The van der Waals surface area contributed by atoms with Gasteiger partial charge in [-0.25, -0.2) is 9.18 Å². The van der Waals surface area contributed by atoms with Crippen LogP contribution in [0.2, 0.25) is 0 Å². The largest absolute Gasteiger partial charge is 0.482 e. The molecule has 1 aromatic carbocycles. The summed E-state index contributed by atoms with van der Waals surface area (Å²) >= 11 is 0. The van der Waals surface area contributed by atoms with Gasteiger partial charge in [0.1, 0.15) is 11.6 Å². The van der Waals surface area contributed by atoms with E-state index in [-0.39, 0.29) is 18.5 Å². The van der Waals surface area contributed by atoms with Crippen molar-refractivity contribution in [3.63, 3.8) is 0 Å². The molecule has 1 aromatic rings. The molecular weight excluding hydrogens is 273 g/mol.